The Morgan fingerprint density at radius 3 is 2.65 bits per heavy atom. The molecule has 1 atom stereocenters. The van der Waals surface area contributed by atoms with Crippen LogP contribution in [0.4, 0.5) is 17.1 Å². The predicted molar refractivity (Wildman–Crippen MR) is 130 cm³/mol. The Morgan fingerprint density at radius 2 is 1.91 bits per heavy atom. The van der Waals surface area contributed by atoms with Crippen molar-refractivity contribution in [3.8, 4) is 0 Å². The van der Waals surface area contributed by atoms with Gasteiger partial charge in [-0.05, 0) is 18.2 Å². The van der Waals surface area contributed by atoms with Gasteiger partial charge in [0.1, 0.15) is 5.25 Å². The summed E-state index contributed by atoms with van der Waals surface area (Å²) >= 11 is 1.27. The number of non-ortho nitro benzene ring substituents is 1. The lowest BCUT2D eigenvalue weighted by molar-refractivity contribution is -0.384. The first-order valence-corrected chi connectivity index (χ1v) is 11.8. The molecule has 2 aliphatic heterocycles. The molecular formula is C23H25N5O5S. The molecule has 2 fully saturated rings. The number of amides is 2. The molecule has 1 unspecified atom stereocenters. The first kappa shape index (κ1) is 23.9. The van der Waals surface area contributed by atoms with Gasteiger partial charge in [0, 0.05) is 50.4 Å². The number of benzene rings is 2. The minimum Gasteiger partial charge on any atom is -0.379 e. The summed E-state index contributed by atoms with van der Waals surface area (Å²) < 4.78 is 5.39. The molecule has 0 bridgehead atoms. The number of nitrogens with zero attached hydrogens (tertiary/aromatic N) is 4. The first-order chi connectivity index (χ1) is 16.5. The summed E-state index contributed by atoms with van der Waals surface area (Å²) in [6, 6.07) is 15.1. The minimum atomic E-state index is -0.620. The molecule has 34 heavy (non-hydrogen) atoms. The van der Waals surface area contributed by atoms with Crippen LogP contribution in [0.15, 0.2) is 59.6 Å². The van der Waals surface area contributed by atoms with Crippen LogP contribution in [0.5, 0.6) is 0 Å². The van der Waals surface area contributed by atoms with Crippen molar-refractivity contribution in [2.75, 3.05) is 44.7 Å². The quantitative estimate of drug-likeness (QED) is 0.453. The van der Waals surface area contributed by atoms with Gasteiger partial charge < -0.3 is 10.1 Å². The summed E-state index contributed by atoms with van der Waals surface area (Å²) in [7, 11) is 0. The lowest BCUT2D eigenvalue weighted by Gasteiger charge is -2.28. The van der Waals surface area contributed by atoms with E-state index in [1.807, 2.05) is 30.3 Å². The standard InChI is InChI=1S/C23H25N5O5S/c29-21(24-18-7-4-8-19(15-18)28(31)32)16-20-22(30)27(10-9-26-11-13-33-14-12-26)23(34-20)25-17-5-2-1-3-6-17/h1-8,15,20H,9-14,16H2,(H,24,29). The molecule has 0 radical (unpaired) electrons. The summed E-state index contributed by atoms with van der Waals surface area (Å²) in [6.07, 6.45) is -0.0615. The van der Waals surface area contributed by atoms with Crippen LogP contribution in [-0.2, 0) is 14.3 Å². The number of nitro groups is 1. The molecule has 10 nitrogen and oxygen atoms in total. The van der Waals surface area contributed by atoms with Gasteiger partial charge in [-0.2, -0.15) is 0 Å². The second kappa shape index (κ2) is 11.2. The average molecular weight is 484 g/mol. The number of thioether (sulfide) groups is 1. The van der Waals surface area contributed by atoms with Gasteiger partial charge in [0.25, 0.3) is 5.69 Å². The van der Waals surface area contributed by atoms with Crippen LogP contribution in [0.25, 0.3) is 0 Å². The number of aliphatic imine (C=N–C) groups is 1. The van der Waals surface area contributed by atoms with Crippen LogP contribution in [0, 0.1) is 10.1 Å². The van der Waals surface area contributed by atoms with Gasteiger partial charge >= 0.3 is 0 Å². The molecule has 2 aromatic carbocycles. The summed E-state index contributed by atoms with van der Waals surface area (Å²) in [5.41, 5.74) is 0.934. The molecule has 4 rings (SSSR count). The molecular weight excluding hydrogens is 458 g/mol. The SMILES string of the molecule is O=C(CC1SC(=Nc2ccccc2)N(CCN2CCOCC2)C1=O)Nc1cccc([N+](=O)[O-])c1. The third-order valence-corrected chi connectivity index (χ3v) is 6.63. The van der Waals surface area contributed by atoms with E-state index in [1.165, 1.54) is 30.0 Å². The van der Waals surface area contributed by atoms with Crippen molar-refractivity contribution in [3.63, 3.8) is 0 Å². The van der Waals surface area contributed by atoms with E-state index in [-0.39, 0.29) is 23.9 Å². The van der Waals surface area contributed by atoms with Gasteiger partial charge in [-0.3, -0.25) is 29.5 Å². The highest BCUT2D eigenvalue weighted by Crippen LogP contribution is 2.32. The fraction of sp³-hybridized carbons (Fsp3) is 0.348. The molecule has 0 spiro atoms. The minimum absolute atomic E-state index is 0.0615. The fourth-order valence-corrected chi connectivity index (χ4v) is 4.87. The number of hydrogen-bond donors (Lipinski definition) is 1. The fourth-order valence-electron chi connectivity index (χ4n) is 3.69. The van der Waals surface area contributed by atoms with Gasteiger partial charge in [0.05, 0.1) is 23.8 Å². The molecule has 0 saturated carbocycles. The van der Waals surface area contributed by atoms with Crippen molar-refractivity contribution in [2.24, 2.45) is 4.99 Å². The number of carbonyl (C=O) groups is 2. The lowest BCUT2D eigenvalue weighted by atomic mass is 10.2. The van der Waals surface area contributed by atoms with Crippen molar-refractivity contribution >= 4 is 45.8 Å². The summed E-state index contributed by atoms with van der Waals surface area (Å²) in [4.78, 5) is 44.9. The lowest BCUT2D eigenvalue weighted by Crippen LogP contribution is -2.43. The number of carbonyl (C=O) groups excluding carboxylic acids is 2. The highest BCUT2D eigenvalue weighted by molar-refractivity contribution is 8.15. The Balaban J connectivity index is 1.45. The predicted octanol–water partition coefficient (Wildman–Crippen LogP) is 2.89. The zero-order valence-electron chi connectivity index (χ0n) is 18.5. The maximum Gasteiger partial charge on any atom is 0.271 e. The second-order valence-corrected chi connectivity index (χ2v) is 9.01. The van der Waals surface area contributed by atoms with Crippen molar-refractivity contribution in [2.45, 2.75) is 11.7 Å². The highest BCUT2D eigenvalue weighted by Gasteiger charge is 2.39. The maximum absolute atomic E-state index is 13.2. The molecule has 2 amide bonds. The molecule has 0 aromatic heterocycles. The van der Waals surface area contributed by atoms with Crippen LogP contribution < -0.4 is 5.32 Å². The number of amidine groups is 1. The highest BCUT2D eigenvalue weighted by atomic mass is 32.2. The second-order valence-electron chi connectivity index (χ2n) is 7.84. The third kappa shape index (κ3) is 6.19. The molecule has 2 aliphatic rings. The monoisotopic (exact) mass is 483 g/mol. The van der Waals surface area contributed by atoms with Gasteiger partial charge in [0.2, 0.25) is 11.8 Å². The van der Waals surface area contributed by atoms with Crippen LogP contribution in [0.2, 0.25) is 0 Å². The van der Waals surface area contributed by atoms with E-state index in [4.69, 9.17) is 4.74 Å². The Labute approximate surface area is 201 Å². The van der Waals surface area contributed by atoms with E-state index >= 15 is 0 Å². The molecule has 178 valence electrons. The first-order valence-electron chi connectivity index (χ1n) is 11.0. The van der Waals surface area contributed by atoms with E-state index in [1.54, 1.807) is 11.0 Å². The molecule has 2 aromatic rings. The van der Waals surface area contributed by atoms with Crippen molar-refractivity contribution < 1.29 is 19.2 Å². The topological polar surface area (TPSA) is 117 Å². The van der Waals surface area contributed by atoms with E-state index < -0.39 is 10.2 Å². The zero-order valence-corrected chi connectivity index (χ0v) is 19.3. The zero-order chi connectivity index (χ0) is 23.9. The van der Waals surface area contributed by atoms with Crippen molar-refractivity contribution in [3.05, 3.63) is 64.7 Å². The molecule has 11 heteroatoms. The number of ether oxygens (including phenoxy) is 1. The van der Waals surface area contributed by atoms with Gasteiger partial charge in [-0.1, -0.05) is 36.0 Å². The number of nitro benzene ring substituents is 1. The molecule has 2 heterocycles. The van der Waals surface area contributed by atoms with Crippen LogP contribution >= 0.6 is 11.8 Å². The van der Waals surface area contributed by atoms with E-state index in [9.17, 15) is 19.7 Å². The van der Waals surface area contributed by atoms with Crippen molar-refractivity contribution in [1.29, 1.82) is 0 Å². The van der Waals surface area contributed by atoms with E-state index in [2.05, 4.69) is 15.2 Å². The smallest absolute Gasteiger partial charge is 0.271 e. The van der Waals surface area contributed by atoms with Crippen LogP contribution in [0.1, 0.15) is 6.42 Å². The number of nitrogens with one attached hydrogen (secondary N) is 1. The molecule has 0 aliphatic carbocycles. The molecule has 1 N–H and O–H groups in total. The third-order valence-electron chi connectivity index (χ3n) is 5.46. The Kier molecular flexibility index (Phi) is 7.88. The number of anilines is 1. The number of rotatable bonds is 8. The van der Waals surface area contributed by atoms with Crippen LogP contribution in [0.3, 0.4) is 0 Å². The maximum atomic E-state index is 13.2. The molecule has 2 saturated heterocycles. The average Bonchev–Trinajstić information content (AvgIpc) is 3.12. The Bertz CT molecular complexity index is 1070. The number of para-hydroxylation sites is 1. The van der Waals surface area contributed by atoms with E-state index in [0.717, 1.165) is 18.8 Å². The summed E-state index contributed by atoms with van der Waals surface area (Å²) in [5, 5.41) is 13.6. The van der Waals surface area contributed by atoms with Gasteiger partial charge in [0.15, 0.2) is 5.17 Å². The Morgan fingerprint density at radius 1 is 1.15 bits per heavy atom. The normalized spacial score (nSPS) is 20.0. The summed E-state index contributed by atoms with van der Waals surface area (Å²) in [5.74, 6) is -0.553. The van der Waals surface area contributed by atoms with Gasteiger partial charge in [-0.15, -0.1) is 0 Å². The van der Waals surface area contributed by atoms with Crippen molar-refractivity contribution in [1.82, 2.24) is 9.80 Å². The number of morpholine rings is 1. The Hall–Kier alpha value is -3.28. The van der Waals surface area contributed by atoms with E-state index in [0.29, 0.717) is 37.2 Å². The largest absolute Gasteiger partial charge is 0.379 e. The number of hydrogen-bond acceptors (Lipinski definition) is 8. The summed E-state index contributed by atoms with van der Waals surface area (Å²) in [6.45, 7) is 4.14. The van der Waals surface area contributed by atoms with Crippen LogP contribution in [-0.4, -0.2) is 76.3 Å². The van der Waals surface area contributed by atoms with Gasteiger partial charge in [-0.25, -0.2) is 4.99 Å².